The molecule has 3 rings (SSSR count). The maximum atomic E-state index is 5.46. The molecule has 3 nitrogen and oxygen atoms in total. The van der Waals surface area contributed by atoms with Crippen LogP contribution in [0.5, 0.6) is 0 Å². The number of nitrogens with one attached hydrogen (secondary N) is 1. The normalized spacial score (nSPS) is 15.0. The van der Waals surface area contributed by atoms with Crippen LogP contribution in [0.3, 0.4) is 0 Å². The van der Waals surface area contributed by atoms with Gasteiger partial charge in [-0.15, -0.1) is 11.3 Å². The lowest BCUT2D eigenvalue weighted by molar-refractivity contribution is 0.708. The minimum absolute atomic E-state index is 0.759. The summed E-state index contributed by atoms with van der Waals surface area (Å²) >= 11 is 7.15. The molecule has 2 aromatic heterocycles. The van der Waals surface area contributed by atoms with Gasteiger partial charge in [-0.1, -0.05) is 18.6 Å². The smallest absolute Gasteiger partial charge is 0.133 e. The summed E-state index contributed by atoms with van der Waals surface area (Å²) in [4.78, 5) is 12.5. The highest BCUT2D eigenvalue weighted by Gasteiger charge is 2.13. The summed E-state index contributed by atoms with van der Waals surface area (Å²) in [7, 11) is 0. The summed E-state index contributed by atoms with van der Waals surface area (Å²) in [5.41, 5.74) is 3.65. The number of hydrogen-bond donors (Lipinski definition) is 1. The fourth-order valence-corrected chi connectivity index (χ4v) is 3.67. The van der Waals surface area contributed by atoms with Gasteiger partial charge in [-0.3, -0.25) is 0 Å². The standard InChI is InChI=1S/C14H17N3S2/c1-9-8-19-13(15-9)7-12-16-11-6-4-2-3-5-10(11)14(18)17-12/h8H,2-7H2,1H3,(H,16,17,18). The first-order valence-electron chi connectivity index (χ1n) is 6.74. The van der Waals surface area contributed by atoms with Crippen molar-refractivity contribution in [2.24, 2.45) is 0 Å². The van der Waals surface area contributed by atoms with E-state index in [0.717, 1.165) is 40.4 Å². The average molecular weight is 291 g/mol. The topological polar surface area (TPSA) is 41.6 Å². The minimum atomic E-state index is 0.759. The van der Waals surface area contributed by atoms with Gasteiger partial charge in [-0.05, 0) is 32.6 Å². The zero-order valence-corrected chi connectivity index (χ0v) is 12.7. The summed E-state index contributed by atoms with van der Waals surface area (Å²) < 4.78 is 0.791. The van der Waals surface area contributed by atoms with Crippen molar-refractivity contribution in [1.29, 1.82) is 0 Å². The molecule has 2 heterocycles. The number of aromatic amines is 1. The van der Waals surface area contributed by atoms with Crippen LogP contribution in [-0.4, -0.2) is 15.0 Å². The second kappa shape index (κ2) is 5.51. The van der Waals surface area contributed by atoms with E-state index in [9.17, 15) is 0 Å². The van der Waals surface area contributed by atoms with E-state index in [4.69, 9.17) is 12.2 Å². The Labute approximate surface area is 122 Å². The third-order valence-corrected chi connectivity index (χ3v) is 4.80. The van der Waals surface area contributed by atoms with E-state index in [2.05, 4.69) is 20.3 Å². The fourth-order valence-electron chi connectivity index (χ4n) is 2.56. The van der Waals surface area contributed by atoms with Gasteiger partial charge in [0.05, 0.1) is 6.42 Å². The van der Waals surface area contributed by atoms with Gasteiger partial charge in [-0.25, -0.2) is 9.97 Å². The van der Waals surface area contributed by atoms with Gasteiger partial charge in [0.25, 0.3) is 0 Å². The predicted molar refractivity (Wildman–Crippen MR) is 80.3 cm³/mol. The number of nitrogens with zero attached hydrogens (tertiary/aromatic N) is 2. The first kappa shape index (κ1) is 12.9. The summed E-state index contributed by atoms with van der Waals surface area (Å²) in [5.74, 6) is 0.958. The molecule has 0 saturated carbocycles. The molecule has 0 atom stereocenters. The minimum Gasteiger partial charge on any atom is -0.347 e. The van der Waals surface area contributed by atoms with Crippen LogP contribution in [-0.2, 0) is 19.3 Å². The Morgan fingerprint density at radius 1 is 1.26 bits per heavy atom. The Hall–Kier alpha value is -1.07. The fraction of sp³-hybridized carbons (Fsp3) is 0.500. The molecule has 0 bridgehead atoms. The first-order chi connectivity index (χ1) is 9.22. The van der Waals surface area contributed by atoms with Gasteiger partial charge in [0.15, 0.2) is 0 Å². The van der Waals surface area contributed by atoms with Gasteiger partial charge in [0, 0.05) is 22.3 Å². The molecule has 0 saturated heterocycles. The second-order valence-electron chi connectivity index (χ2n) is 5.07. The highest BCUT2D eigenvalue weighted by Crippen LogP contribution is 2.20. The Morgan fingerprint density at radius 2 is 2.11 bits per heavy atom. The van der Waals surface area contributed by atoms with Crippen molar-refractivity contribution in [3.8, 4) is 0 Å². The van der Waals surface area contributed by atoms with Crippen LogP contribution in [0.1, 0.15) is 47.0 Å². The Balaban J connectivity index is 1.93. The summed E-state index contributed by atoms with van der Waals surface area (Å²) in [6.45, 7) is 2.02. The predicted octanol–water partition coefficient (Wildman–Crippen LogP) is 3.76. The van der Waals surface area contributed by atoms with Crippen molar-refractivity contribution in [2.75, 3.05) is 0 Å². The van der Waals surface area contributed by atoms with Crippen LogP contribution in [0.4, 0.5) is 0 Å². The number of fused-ring (bicyclic) bond motifs is 1. The van der Waals surface area contributed by atoms with Crippen LogP contribution in [0, 0.1) is 11.6 Å². The summed E-state index contributed by atoms with van der Waals surface area (Å²) in [5, 5.41) is 3.18. The van der Waals surface area contributed by atoms with Gasteiger partial charge in [0.1, 0.15) is 15.5 Å². The van der Waals surface area contributed by atoms with Gasteiger partial charge in [0.2, 0.25) is 0 Å². The van der Waals surface area contributed by atoms with Gasteiger partial charge < -0.3 is 4.98 Å². The molecule has 100 valence electrons. The molecule has 0 fully saturated rings. The number of aromatic nitrogens is 3. The molecule has 0 amide bonds. The summed E-state index contributed by atoms with van der Waals surface area (Å²) in [6, 6.07) is 0. The molecule has 1 aliphatic carbocycles. The molecular formula is C14H17N3S2. The molecule has 1 N–H and O–H groups in total. The second-order valence-corrected chi connectivity index (χ2v) is 6.40. The lowest BCUT2D eigenvalue weighted by Crippen LogP contribution is -2.05. The van der Waals surface area contributed by atoms with Crippen molar-refractivity contribution < 1.29 is 0 Å². The molecular weight excluding hydrogens is 274 g/mol. The molecule has 0 aliphatic heterocycles. The molecule has 0 aromatic carbocycles. The van der Waals surface area contributed by atoms with E-state index in [0.29, 0.717) is 0 Å². The third kappa shape index (κ3) is 2.92. The van der Waals surface area contributed by atoms with Crippen molar-refractivity contribution in [3.05, 3.63) is 37.8 Å². The molecule has 0 radical (unpaired) electrons. The lowest BCUT2D eigenvalue weighted by Gasteiger charge is -2.08. The molecule has 0 unspecified atom stereocenters. The van der Waals surface area contributed by atoms with E-state index in [-0.39, 0.29) is 0 Å². The number of hydrogen-bond acceptors (Lipinski definition) is 4. The van der Waals surface area contributed by atoms with Gasteiger partial charge >= 0.3 is 0 Å². The van der Waals surface area contributed by atoms with Crippen molar-refractivity contribution >= 4 is 23.6 Å². The monoisotopic (exact) mass is 291 g/mol. The maximum absolute atomic E-state index is 5.46. The molecule has 5 heteroatoms. The Kier molecular flexibility index (Phi) is 3.75. The van der Waals surface area contributed by atoms with Crippen LogP contribution in [0.15, 0.2) is 5.38 Å². The highest BCUT2D eigenvalue weighted by molar-refractivity contribution is 7.71. The van der Waals surface area contributed by atoms with E-state index in [1.165, 1.54) is 30.5 Å². The van der Waals surface area contributed by atoms with Gasteiger partial charge in [-0.2, -0.15) is 0 Å². The molecule has 2 aromatic rings. The average Bonchev–Trinajstić information content (AvgIpc) is 2.64. The lowest BCUT2D eigenvalue weighted by atomic mass is 10.1. The molecule has 19 heavy (non-hydrogen) atoms. The molecule has 1 aliphatic rings. The summed E-state index contributed by atoms with van der Waals surface area (Å²) in [6.07, 6.45) is 6.71. The SMILES string of the molecule is Cc1csc(Cc2nc(=S)c3c([nH]2)CCCCC3)n1. The number of H-pyrrole nitrogens is 1. The Bertz CT molecular complexity index is 642. The van der Waals surface area contributed by atoms with E-state index < -0.39 is 0 Å². The quantitative estimate of drug-likeness (QED) is 0.676. The van der Waals surface area contributed by atoms with Crippen molar-refractivity contribution in [2.45, 2.75) is 45.4 Å². The molecule has 0 spiro atoms. The Morgan fingerprint density at radius 3 is 2.89 bits per heavy atom. The van der Waals surface area contributed by atoms with E-state index in [1.807, 2.05) is 6.92 Å². The third-order valence-electron chi connectivity index (χ3n) is 3.49. The zero-order chi connectivity index (χ0) is 13.2. The van der Waals surface area contributed by atoms with Crippen molar-refractivity contribution in [3.63, 3.8) is 0 Å². The highest BCUT2D eigenvalue weighted by atomic mass is 32.1. The van der Waals surface area contributed by atoms with Crippen LogP contribution >= 0.6 is 23.6 Å². The van der Waals surface area contributed by atoms with Crippen LogP contribution in [0.25, 0.3) is 0 Å². The first-order valence-corrected chi connectivity index (χ1v) is 8.03. The van der Waals surface area contributed by atoms with Crippen molar-refractivity contribution in [1.82, 2.24) is 15.0 Å². The number of rotatable bonds is 2. The van der Waals surface area contributed by atoms with E-state index in [1.54, 1.807) is 11.3 Å². The maximum Gasteiger partial charge on any atom is 0.133 e. The largest absolute Gasteiger partial charge is 0.347 e. The number of thiazole rings is 1. The van der Waals surface area contributed by atoms with Crippen LogP contribution < -0.4 is 0 Å². The van der Waals surface area contributed by atoms with E-state index >= 15 is 0 Å². The number of aryl methyl sites for hydroxylation is 2. The zero-order valence-electron chi connectivity index (χ0n) is 11.0. The van der Waals surface area contributed by atoms with Crippen LogP contribution in [0.2, 0.25) is 0 Å².